The van der Waals surface area contributed by atoms with Gasteiger partial charge in [-0.25, -0.2) is 13.1 Å². The van der Waals surface area contributed by atoms with Crippen LogP contribution in [-0.2, 0) is 14.8 Å². The van der Waals surface area contributed by atoms with Gasteiger partial charge in [-0.15, -0.1) is 0 Å². The smallest absolute Gasteiger partial charge is 0.209 e. The molecule has 0 amide bonds. The minimum atomic E-state index is -3.08. The fourth-order valence-electron chi connectivity index (χ4n) is 0.694. The highest BCUT2D eigenvalue weighted by Gasteiger charge is 2.07. The van der Waals surface area contributed by atoms with Crippen molar-refractivity contribution in [3.05, 3.63) is 0 Å². The third kappa shape index (κ3) is 7.77. The zero-order valence-corrected chi connectivity index (χ0v) is 7.94. The Morgan fingerprint density at radius 1 is 1.55 bits per heavy atom. The molecule has 0 saturated heterocycles. The molecule has 0 spiro atoms. The summed E-state index contributed by atoms with van der Waals surface area (Å²) in [5, 5.41) is 0. The first-order valence-electron chi connectivity index (χ1n) is 3.50. The lowest BCUT2D eigenvalue weighted by molar-refractivity contribution is 0.133. The molecule has 5 heteroatoms. The van der Waals surface area contributed by atoms with Crippen molar-refractivity contribution in [2.45, 2.75) is 19.9 Å². The van der Waals surface area contributed by atoms with E-state index >= 15 is 0 Å². The quantitative estimate of drug-likeness (QED) is 0.647. The minimum Gasteiger partial charge on any atom is -0.380 e. The molecular weight excluding hydrogens is 166 g/mol. The third-order valence-electron chi connectivity index (χ3n) is 0.987. The normalized spacial score (nSPS) is 14.8. The molecule has 1 unspecified atom stereocenters. The molecule has 11 heavy (non-hydrogen) atoms. The van der Waals surface area contributed by atoms with Gasteiger partial charge in [-0.1, -0.05) is 0 Å². The van der Waals surface area contributed by atoms with Crippen molar-refractivity contribution in [3.8, 4) is 0 Å². The van der Waals surface area contributed by atoms with Crippen LogP contribution in [0.2, 0.25) is 0 Å². The summed E-state index contributed by atoms with van der Waals surface area (Å²) in [6, 6.07) is -0.148. The molecule has 0 aromatic heterocycles. The summed E-state index contributed by atoms with van der Waals surface area (Å²) in [6.45, 7) is 4.66. The van der Waals surface area contributed by atoms with Gasteiger partial charge in [0, 0.05) is 12.6 Å². The van der Waals surface area contributed by atoms with E-state index in [-0.39, 0.29) is 6.04 Å². The Balaban J connectivity index is 3.61. The molecule has 0 bridgehead atoms. The highest BCUT2D eigenvalue weighted by atomic mass is 32.2. The van der Waals surface area contributed by atoms with Crippen molar-refractivity contribution >= 4 is 10.0 Å². The van der Waals surface area contributed by atoms with Crippen LogP contribution in [0.1, 0.15) is 13.8 Å². The van der Waals surface area contributed by atoms with E-state index in [1.165, 1.54) is 0 Å². The van der Waals surface area contributed by atoms with E-state index < -0.39 is 10.0 Å². The van der Waals surface area contributed by atoms with Crippen molar-refractivity contribution in [3.63, 3.8) is 0 Å². The molecule has 68 valence electrons. The Morgan fingerprint density at radius 2 is 2.09 bits per heavy atom. The Kier molecular flexibility index (Phi) is 4.63. The fourth-order valence-corrected chi connectivity index (χ4v) is 1.49. The van der Waals surface area contributed by atoms with E-state index in [0.717, 1.165) is 6.26 Å². The standard InChI is InChI=1S/C6H15NO3S/c1-4-10-5-6(2)7-11(3,8)9/h6-7H,4-5H2,1-3H3. The molecule has 0 heterocycles. The Bertz CT molecular complexity index is 188. The lowest BCUT2D eigenvalue weighted by Crippen LogP contribution is -2.34. The van der Waals surface area contributed by atoms with E-state index in [4.69, 9.17) is 4.74 Å². The van der Waals surface area contributed by atoms with Crippen LogP contribution in [-0.4, -0.2) is 33.9 Å². The van der Waals surface area contributed by atoms with Crippen LogP contribution in [0.4, 0.5) is 0 Å². The predicted octanol–water partition coefficient (Wildman–Crippen LogP) is -0.0394. The van der Waals surface area contributed by atoms with Gasteiger partial charge in [0.25, 0.3) is 0 Å². The first-order chi connectivity index (χ1) is 4.95. The average molecular weight is 181 g/mol. The summed E-state index contributed by atoms with van der Waals surface area (Å²) in [4.78, 5) is 0. The van der Waals surface area contributed by atoms with E-state index in [0.29, 0.717) is 13.2 Å². The van der Waals surface area contributed by atoms with Crippen molar-refractivity contribution in [1.82, 2.24) is 4.72 Å². The molecule has 4 nitrogen and oxygen atoms in total. The Hall–Kier alpha value is -0.130. The summed E-state index contributed by atoms with van der Waals surface area (Å²) < 4.78 is 28.7. The average Bonchev–Trinajstić information content (AvgIpc) is 1.79. The summed E-state index contributed by atoms with van der Waals surface area (Å²) in [6.07, 6.45) is 1.13. The summed E-state index contributed by atoms with van der Waals surface area (Å²) in [5.41, 5.74) is 0. The second kappa shape index (κ2) is 4.69. The van der Waals surface area contributed by atoms with E-state index in [2.05, 4.69) is 4.72 Å². The van der Waals surface area contributed by atoms with E-state index in [1.54, 1.807) is 6.92 Å². The van der Waals surface area contributed by atoms with Gasteiger partial charge in [0.1, 0.15) is 0 Å². The highest BCUT2D eigenvalue weighted by molar-refractivity contribution is 7.88. The van der Waals surface area contributed by atoms with Crippen LogP contribution in [0.15, 0.2) is 0 Å². The van der Waals surface area contributed by atoms with Crippen LogP contribution in [0.5, 0.6) is 0 Å². The van der Waals surface area contributed by atoms with Gasteiger partial charge in [0.05, 0.1) is 12.9 Å². The van der Waals surface area contributed by atoms with Crippen molar-refractivity contribution in [2.24, 2.45) is 0 Å². The van der Waals surface area contributed by atoms with Crippen molar-refractivity contribution in [1.29, 1.82) is 0 Å². The molecule has 0 aromatic carbocycles. The first-order valence-corrected chi connectivity index (χ1v) is 5.40. The summed E-state index contributed by atoms with van der Waals surface area (Å²) >= 11 is 0. The van der Waals surface area contributed by atoms with Gasteiger partial charge in [0.2, 0.25) is 10.0 Å². The lowest BCUT2D eigenvalue weighted by atomic mass is 10.4. The van der Waals surface area contributed by atoms with Gasteiger partial charge in [-0.05, 0) is 13.8 Å². The molecule has 0 aliphatic heterocycles. The molecule has 0 fully saturated rings. The molecule has 1 N–H and O–H groups in total. The zero-order valence-electron chi connectivity index (χ0n) is 7.12. The number of rotatable bonds is 5. The lowest BCUT2D eigenvalue weighted by Gasteiger charge is -2.10. The molecule has 0 rings (SSSR count). The van der Waals surface area contributed by atoms with E-state index in [9.17, 15) is 8.42 Å². The predicted molar refractivity (Wildman–Crippen MR) is 43.9 cm³/mol. The summed E-state index contributed by atoms with van der Waals surface area (Å²) in [5.74, 6) is 0. The Labute approximate surface area is 68.0 Å². The number of sulfonamides is 1. The van der Waals surface area contributed by atoms with E-state index in [1.807, 2.05) is 6.92 Å². The van der Waals surface area contributed by atoms with Gasteiger partial charge in [0.15, 0.2) is 0 Å². The monoisotopic (exact) mass is 181 g/mol. The molecular formula is C6H15NO3S. The maximum absolute atomic E-state index is 10.6. The molecule has 0 aliphatic carbocycles. The van der Waals surface area contributed by atoms with Crippen molar-refractivity contribution < 1.29 is 13.2 Å². The fraction of sp³-hybridized carbons (Fsp3) is 1.00. The minimum absolute atomic E-state index is 0.148. The molecule has 0 radical (unpaired) electrons. The maximum Gasteiger partial charge on any atom is 0.209 e. The zero-order chi connectivity index (χ0) is 8.91. The number of ether oxygens (including phenoxy) is 1. The molecule has 0 aromatic rings. The SMILES string of the molecule is CCOCC(C)NS(C)(=O)=O. The van der Waals surface area contributed by atoms with Gasteiger partial charge in [-0.2, -0.15) is 0 Å². The first kappa shape index (κ1) is 10.9. The topological polar surface area (TPSA) is 55.4 Å². The third-order valence-corrected chi connectivity index (χ3v) is 1.82. The second-order valence-electron chi connectivity index (χ2n) is 2.45. The largest absolute Gasteiger partial charge is 0.380 e. The van der Waals surface area contributed by atoms with Gasteiger partial charge < -0.3 is 4.74 Å². The molecule has 1 atom stereocenters. The number of hydrogen-bond donors (Lipinski definition) is 1. The van der Waals surface area contributed by atoms with Crippen LogP contribution >= 0.6 is 0 Å². The molecule has 0 saturated carbocycles. The van der Waals surface area contributed by atoms with Crippen LogP contribution < -0.4 is 4.72 Å². The maximum atomic E-state index is 10.6. The van der Waals surface area contributed by atoms with Gasteiger partial charge >= 0.3 is 0 Å². The summed E-state index contributed by atoms with van der Waals surface area (Å²) in [7, 11) is -3.08. The highest BCUT2D eigenvalue weighted by Crippen LogP contribution is 1.86. The van der Waals surface area contributed by atoms with Crippen LogP contribution in [0.25, 0.3) is 0 Å². The second-order valence-corrected chi connectivity index (χ2v) is 4.23. The van der Waals surface area contributed by atoms with Crippen LogP contribution in [0.3, 0.4) is 0 Å². The van der Waals surface area contributed by atoms with Gasteiger partial charge in [-0.3, -0.25) is 0 Å². The number of hydrogen-bond acceptors (Lipinski definition) is 3. The molecule has 0 aliphatic rings. The van der Waals surface area contributed by atoms with Crippen LogP contribution in [0, 0.1) is 0 Å². The Morgan fingerprint density at radius 3 is 2.45 bits per heavy atom. The van der Waals surface area contributed by atoms with Crippen molar-refractivity contribution in [2.75, 3.05) is 19.5 Å². The number of nitrogens with one attached hydrogen (secondary N) is 1.